The van der Waals surface area contributed by atoms with E-state index >= 15 is 0 Å². The van der Waals surface area contributed by atoms with Gasteiger partial charge in [0.15, 0.2) is 0 Å². The van der Waals surface area contributed by atoms with E-state index in [1.807, 2.05) is 13.8 Å². The van der Waals surface area contributed by atoms with Crippen LogP contribution < -0.4 is 5.32 Å². The molecular weight excluding hydrogens is 256 g/mol. The smallest absolute Gasteiger partial charge is 0.312 e. The molecular formula is C15H30N2O3. The highest BCUT2D eigenvalue weighted by Gasteiger charge is 2.32. The van der Waals surface area contributed by atoms with Gasteiger partial charge in [0.2, 0.25) is 0 Å². The predicted octanol–water partition coefficient (Wildman–Crippen LogP) is 1.13. The second-order valence-electron chi connectivity index (χ2n) is 6.29. The summed E-state index contributed by atoms with van der Waals surface area (Å²) in [4.78, 5) is 14.1. The molecule has 1 aliphatic heterocycles. The van der Waals surface area contributed by atoms with Crippen LogP contribution in [0.25, 0.3) is 0 Å². The Hall–Kier alpha value is -0.650. The number of piperidine rings is 1. The Morgan fingerprint density at radius 3 is 2.50 bits per heavy atom. The Balaban J connectivity index is 2.23. The summed E-state index contributed by atoms with van der Waals surface area (Å²) in [6, 6.07) is 0. The lowest BCUT2D eigenvalue weighted by Gasteiger charge is -2.36. The Labute approximate surface area is 123 Å². The molecule has 0 saturated carbocycles. The number of esters is 1. The quantitative estimate of drug-likeness (QED) is 0.535. The predicted molar refractivity (Wildman–Crippen MR) is 79.7 cm³/mol. The maximum atomic E-state index is 11.7. The van der Waals surface area contributed by atoms with Crippen molar-refractivity contribution in [2.24, 2.45) is 11.3 Å². The van der Waals surface area contributed by atoms with E-state index < -0.39 is 5.41 Å². The molecule has 1 rings (SSSR count). The molecule has 20 heavy (non-hydrogen) atoms. The molecule has 1 heterocycles. The van der Waals surface area contributed by atoms with Crippen LogP contribution in [0.2, 0.25) is 0 Å². The number of nitrogens with zero attached hydrogens (tertiary/aromatic N) is 1. The largest absolute Gasteiger partial charge is 0.469 e. The van der Waals surface area contributed by atoms with Crippen molar-refractivity contribution in [3.05, 3.63) is 0 Å². The fraction of sp³-hybridized carbons (Fsp3) is 0.933. The molecule has 1 saturated heterocycles. The molecule has 0 aliphatic carbocycles. The normalized spacial score (nSPS) is 18.2. The molecule has 0 amide bonds. The average molecular weight is 286 g/mol. The van der Waals surface area contributed by atoms with Gasteiger partial charge in [-0.2, -0.15) is 0 Å². The van der Waals surface area contributed by atoms with Gasteiger partial charge >= 0.3 is 5.97 Å². The fourth-order valence-corrected chi connectivity index (χ4v) is 2.73. The summed E-state index contributed by atoms with van der Waals surface area (Å²) >= 11 is 0. The highest BCUT2D eigenvalue weighted by atomic mass is 16.5. The van der Waals surface area contributed by atoms with Crippen LogP contribution in [0.5, 0.6) is 0 Å². The number of carbonyl (C=O) groups is 1. The van der Waals surface area contributed by atoms with Crippen molar-refractivity contribution in [2.45, 2.75) is 26.7 Å². The van der Waals surface area contributed by atoms with Crippen molar-refractivity contribution in [1.82, 2.24) is 10.2 Å². The van der Waals surface area contributed by atoms with Gasteiger partial charge in [-0.15, -0.1) is 0 Å². The number of likely N-dealkylation sites (tertiary alicyclic amines) is 1. The Morgan fingerprint density at radius 2 is 1.95 bits per heavy atom. The van der Waals surface area contributed by atoms with Crippen LogP contribution in [0, 0.1) is 11.3 Å². The Bertz CT molecular complexity index is 287. The maximum Gasteiger partial charge on any atom is 0.312 e. The van der Waals surface area contributed by atoms with Gasteiger partial charge in [-0.3, -0.25) is 4.79 Å². The Morgan fingerprint density at radius 1 is 1.30 bits per heavy atom. The third-order valence-electron chi connectivity index (χ3n) is 3.98. The second-order valence-corrected chi connectivity index (χ2v) is 6.29. The molecule has 0 aromatic rings. The van der Waals surface area contributed by atoms with Crippen LogP contribution in [0.1, 0.15) is 26.7 Å². The van der Waals surface area contributed by atoms with Gasteiger partial charge in [0, 0.05) is 20.2 Å². The van der Waals surface area contributed by atoms with Gasteiger partial charge in [0.1, 0.15) is 0 Å². The standard InChI is InChI=1S/C15H30N2O3/c1-15(2,14(18)20-4)12-17-8-5-13(6-9-17)11-16-7-10-19-3/h13,16H,5-12H2,1-4H3. The third kappa shape index (κ3) is 5.77. The number of hydrogen-bond acceptors (Lipinski definition) is 5. The SMILES string of the molecule is COCCNCC1CCN(CC(C)(C)C(=O)OC)CC1. The van der Waals surface area contributed by atoms with Crippen LogP contribution in [-0.2, 0) is 14.3 Å². The third-order valence-corrected chi connectivity index (χ3v) is 3.98. The number of rotatable bonds is 8. The summed E-state index contributed by atoms with van der Waals surface area (Å²) < 4.78 is 9.89. The van der Waals surface area contributed by atoms with Gasteiger partial charge in [0.05, 0.1) is 19.1 Å². The van der Waals surface area contributed by atoms with Crippen LogP contribution in [-0.4, -0.2) is 64.4 Å². The minimum Gasteiger partial charge on any atom is -0.469 e. The van der Waals surface area contributed by atoms with Crippen LogP contribution in [0.3, 0.4) is 0 Å². The zero-order valence-corrected chi connectivity index (χ0v) is 13.4. The van der Waals surface area contributed by atoms with E-state index in [0.29, 0.717) is 0 Å². The van der Waals surface area contributed by atoms with Gasteiger partial charge in [-0.05, 0) is 52.2 Å². The first-order valence-corrected chi connectivity index (χ1v) is 7.50. The second kappa shape index (κ2) is 8.60. The van der Waals surface area contributed by atoms with Crippen LogP contribution >= 0.6 is 0 Å². The van der Waals surface area contributed by atoms with E-state index in [-0.39, 0.29) is 5.97 Å². The number of hydrogen-bond donors (Lipinski definition) is 1. The summed E-state index contributed by atoms with van der Waals surface area (Å²) in [5, 5.41) is 3.43. The molecule has 0 aromatic heterocycles. The van der Waals surface area contributed by atoms with Gasteiger partial charge in [0.25, 0.3) is 0 Å². The molecule has 5 heteroatoms. The molecule has 1 N–H and O–H groups in total. The first-order chi connectivity index (χ1) is 9.49. The van der Waals surface area contributed by atoms with E-state index in [9.17, 15) is 4.79 Å². The lowest BCUT2D eigenvalue weighted by atomic mass is 9.90. The summed E-state index contributed by atoms with van der Waals surface area (Å²) in [6.45, 7) is 9.59. The average Bonchev–Trinajstić information content (AvgIpc) is 2.44. The van der Waals surface area contributed by atoms with E-state index in [2.05, 4.69) is 10.2 Å². The molecule has 0 radical (unpaired) electrons. The molecule has 0 bridgehead atoms. The van der Waals surface area contributed by atoms with E-state index in [4.69, 9.17) is 9.47 Å². The number of ether oxygens (including phenoxy) is 2. The zero-order chi connectivity index (χ0) is 15.0. The molecule has 118 valence electrons. The van der Waals surface area contributed by atoms with E-state index in [0.717, 1.165) is 45.2 Å². The lowest BCUT2D eigenvalue weighted by Crippen LogP contribution is -2.44. The molecule has 1 fully saturated rings. The Kier molecular flexibility index (Phi) is 7.48. The molecule has 5 nitrogen and oxygen atoms in total. The first kappa shape index (κ1) is 17.4. The van der Waals surface area contributed by atoms with Crippen molar-refractivity contribution in [1.29, 1.82) is 0 Å². The lowest BCUT2D eigenvalue weighted by molar-refractivity contribution is -0.152. The van der Waals surface area contributed by atoms with Gasteiger partial charge in [-0.25, -0.2) is 0 Å². The van der Waals surface area contributed by atoms with Crippen LogP contribution in [0.15, 0.2) is 0 Å². The molecule has 0 atom stereocenters. The summed E-state index contributed by atoms with van der Waals surface area (Å²) in [6.07, 6.45) is 2.38. The minimum atomic E-state index is -0.418. The molecule has 0 unspecified atom stereocenters. The topological polar surface area (TPSA) is 50.8 Å². The first-order valence-electron chi connectivity index (χ1n) is 7.50. The maximum absolute atomic E-state index is 11.7. The molecule has 1 aliphatic rings. The highest BCUT2D eigenvalue weighted by molar-refractivity contribution is 5.76. The fourth-order valence-electron chi connectivity index (χ4n) is 2.73. The van der Waals surface area contributed by atoms with Gasteiger partial charge < -0.3 is 19.7 Å². The summed E-state index contributed by atoms with van der Waals surface area (Å²) in [5.74, 6) is 0.616. The van der Waals surface area contributed by atoms with E-state index in [1.165, 1.54) is 20.0 Å². The summed E-state index contributed by atoms with van der Waals surface area (Å²) in [5.41, 5.74) is -0.418. The van der Waals surface area contributed by atoms with E-state index in [1.54, 1.807) is 7.11 Å². The van der Waals surface area contributed by atoms with Crippen molar-refractivity contribution in [3.63, 3.8) is 0 Å². The minimum absolute atomic E-state index is 0.124. The van der Waals surface area contributed by atoms with Crippen molar-refractivity contribution in [3.8, 4) is 0 Å². The highest BCUT2D eigenvalue weighted by Crippen LogP contribution is 2.23. The van der Waals surface area contributed by atoms with Crippen LogP contribution in [0.4, 0.5) is 0 Å². The number of nitrogens with one attached hydrogen (secondary N) is 1. The number of carbonyl (C=O) groups excluding carboxylic acids is 1. The number of methoxy groups -OCH3 is 2. The molecule has 0 aromatic carbocycles. The van der Waals surface area contributed by atoms with Crippen molar-refractivity contribution >= 4 is 5.97 Å². The van der Waals surface area contributed by atoms with Crippen molar-refractivity contribution in [2.75, 3.05) is 53.6 Å². The molecule has 0 spiro atoms. The van der Waals surface area contributed by atoms with Crippen molar-refractivity contribution < 1.29 is 14.3 Å². The van der Waals surface area contributed by atoms with Gasteiger partial charge in [-0.1, -0.05) is 0 Å². The monoisotopic (exact) mass is 286 g/mol. The zero-order valence-electron chi connectivity index (χ0n) is 13.4. The summed E-state index contributed by atoms with van der Waals surface area (Å²) in [7, 11) is 3.19.